The van der Waals surface area contributed by atoms with E-state index < -0.39 is 5.91 Å². The number of hydrazine groups is 1. The van der Waals surface area contributed by atoms with Crippen LogP contribution < -0.4 is 15.6 Å². The second-order valence-electron chi connectivity index (χ2n) is 7.45. The highest BCUT2D eigenvalue weighted by atomic mass is 32.1. The number of aromatic nitrogens is 2. The predicted molar refractivity (Wildman–Crippen MR) is 124 cm³/mol. The maximum atomic E-state index is 12.4. The molecule has 3 aromatic heterocycles. The molecule has 0 saturated carbocycles. The zero-order chi connectivity index (χ0) is 22.7. The van der Waals surface area contributed by atoms with Gasteiger partial charge in [-0.1, -0.05) is 13.0 Å². The molecule has 0 aliphatic heterocycles. The lowest BCUT2D eigenvalue weighted by Crippen LogP contribution is -2.41. The molecule has 8 heteroatoms. The van der Waals surface area contributed by atoms with Crippen LogP contribution in [0.5, 0.6) is 5.75 Å². The van der Waals surface area contributed by atoms with Gasteiger partial charge in [-0.2, -0.15) is 0 Å². The van der Waals surface area contributed by atoms with Crippen molar-refractivity contribution in [2.24, 2.45) is 0 Å². The van der Waals surface area contributed by atoms with Gasteiger partial charge in [0.1, 0.15) is 18.0 Å². The molecule has 2 amide bonds. The molecule has 0 aliphatic rings. The van der Waals surface area contributed by atoms with Crippen molar-refractivity contribution in [3.8, 4) is 5.75 Å². The van der Waals surface area contributed by atoms with E-state index in [9.17, 15) is 9.59 Å². The van der Waals surface area contributed by atoms with E-state index in [0.29, 0.717) is 22.8 Å². The van der Waals surface area contributed by atoms with E-state index in [0.717, 1.165) is 33.8 Å². The Balaban J connectivity index is 1.31. The molecule has 2 N–H and O–H groups in total. The van der Waals surface area contributed by atoms with Crippen LogP contribution in [0.2, 0.25) is 0 Å². The molecule has 1 aromatic carbocycles. The molecule has 3 heterocycles. The maximum absolute atomic E-state index is 12.4. The minimum Gasteiger partial charge on any atom is -0.487 e. The van der Waals surface area contributed by atoms with Crippen LogP contribution in [0.1, 0.15) is 48.7 Å². The monoisotopic (exact) mass is 448 g/mol. The quantitative estimate of drug-likeness (QED) is 0.433. The van der Waals surface area contributed by atoms with Gasteiger partial charge in [-0.3, -0.25) is 20.4 Å². The van der Waals surface area contributed by atoms with Gasteiger partial charge in [-0.25, -0.2) is 4.98 Å². The van der Waals surface area contributed by atoms with Crippen LogP contribution in [0.3, 0.4) is 0 Å². The molecule has 0 spiro atoms. The highest BCUT2D eigenvalue weighted by Crippen LogP contribution is 2.22. The molecule has 4 aromatic rings. The number of hydrogen-bond acceptors (Lipinski definition) is 5. The first-order valence-corrected chi connectivity index (χ1v) is 11.1. The fourth-order valence-corrected chi connectivity index (χ4v) is 4.37. The van der Waals surface area contributed by atoms with E-state index in [4.69, 9.17) is 4.74 Å². The largest absolute Gasteiger partial charge is 0.487 e. The number of carbonyl (C=O) groups is 2. The molecular formula is C24H24N4O3S. The number of ether oxygens (including phenoxy) is 1. The van der Waals surface area contributed by atoms with Crippen molar-refractivity contribution in [3.63, 3.8) is 0 Å². The number of fused-ring (bicyclic) bond motifs is 1. The van der Waals surface area contributed by atoms with E-state index >= 15 is 0 Å². The average Bonchev–Trinajstić information content (AvgIpc) is 3.40. The Morgan fingerprint density at radius 3 is 2.50 bits per heavy atom. The van der Waals surface area contributed by atoms with Crippen molar-refractivity contribution >= 4 is 28.8 Å². The molecule has 32 heavy (non-hydrogen) atoms. The van der Waals surface area contributed by atoms with Crippen LogP contribution in [0.25, 0.3) is 5.65 Å². The van der Waals surface area contributed by atoms with Crippen molar-refractivity contribution in [2.75, 3.05) is 0 Å². The van der Waals surface area contributed by atoms with Crippen molar-refractivity contribution < 1.29 is 14.3 Å². The Morgan fingerprint density at radius 2 is 1.81 bits per heavy atom. The topological polar surface area (TPSA) is 84.7 Å². The van der Waals surface area contributed by atoms with Gasteiger partial charge in [-0.05, 0) is 67.8 Å². The Labute approximate surface area is 190 Å². The first-order chi connectivity index (χ1) is 15.4. The second kappa shape index (κ2) is 9.23. The first-order valence-electron chi connectivity index (χ1n) is 10.3. The molecule has 0 radical (unpaired) electrons. The van der Waals surface area contributed by atoms with Crippen LogP contribution in [0.4, 0.5) is 0 Å². The van der Waals surface area contributed by atoms with Gasteiger partial charge in [0.15, 0.2) is 0 Å². The number of thiophene rings is 1. The third-order valence-electron chi connectivity index (χ3n) is 5.09. The minimum atomic E-state index is -0.398. The first kappa shape index (κ1) is 21.6. The van der Waals surface area contributed by atoms with E-state index in [1.165, 1.54) is 11.3 Å². The van der Waals surface area contributed by atoms with Gasteiger partial charge in [0.2, 0.25) is 0 Å². The normalized spacial score (nSPS) is 10.8. The van der Waals surface area contributed by atoms with Crippen LogP contribution in [0.15, 0.2) is 54.9 Å². The molecule has 0 bridgehead atoms. The summed E-state index contributed by atoms with van der Waals surface area (Å²) in [5.74, 6) is -0.0981. The summed E-state index contributed by atoms with van der Waals surface area (Å²) < 4.78 is 7.77. The summed E-state index contributed by atoms with van der Waals surface area (Å²) in [5, 5.41) is 0. The summed E-state index contributed by atoms with van der Waals surface area (Å²) in [5.41, 5.74) is 9.25. The molecule has 0 aliphatic carbocycles. The summed E-state index contributed by atoms with van der Waals surface area (Å²) in [4.78, 5) is 31.0. The maximum Gasteiger partial charge on any atom is 0.279 e. The highest BCUT2D eigenvalue weighted by Gasteiger charge is 2.13. The molecule has 0 fully saturated rings. The summed E-state index contributed by atoms with van der Waals surface area (Å²) in [6, 6.07) is 12.6. The van der Waals surface area contributed by atoms with Crippen LogP contribution in [-0.2, 0) is 13.0 Å². The molecule has 7 nitrogen and oxygen atoms in total. The zero-order valence-electron chi connectivity index (χ0n) is 18.1. The standard InChI is InChI=1S/C24H24N4O3S/c1-4-20-16(3)12-21(32-20)24(30)27-26-23(29)17-7-9-19(10-8-17)31-14-18-13-28-11-5-6-15(2)22(28)25-18/h5-13H,4,14H2,1-3H3,(H,26,29)(H,27,30). The third kappa shape index (κ3) is 4.65. The lowest BCUT2D eigenvalue weighted by molar-refractivity contribution is 0.0849. The Morgan fingerprint density at radius 1 is 1.06 bits per heavy atom. The number of pyridine rings is 1. The number of benzene rings is 1. The number of nitrogens with zero attached hydrogens (tertiary/aromatic N) is 2. The summed E-state index contributed by atoms with van der Waals surface area (Å²) in [7, 11) is 0. The molecular weight excluding hydrogens is 424 g/mol. The number of carbonyl (C=O) groups excluding carboxylic acids is 2. The number of aryl methyl sites for hydroxylation is 3. The second-order valence-corrected chi connectivity index (χ2v) is 8.58. The highest BCUT2D eigenvalue weighted by molar-refractivity contribution is 7.14. The van der Waals surface area contributed by atoms with Crippen LogP contribution in [0, 0.1) is 13.8 Å². The number of nitrogens with one attached hydrogen (secondary N) is 2. The van der Waals surface area contributed by atoms with Crippen molar-refractivity contribution in [3.05, 3.63) is 87.0 Å². The van der Waals surface area contributed by atoms with E-state index in [2.05, 4.69) is 15.8 Å². The number of rotatable bonds is 6. The fraction of sp³-hybridized carbons (Fsp3) is 0.208. The van der Waals surface area contributed by atoms with E-state index in [1.54, 1.807) is 24.3 Å². The van der Waals surface area contributed by atoms with E-state index in [-0.39, 0.29) is 5.91 Å². The van der Waals surface area contributed by atoms with Gasteiger partial charge < -0.3 is 9.14 Å². The van der Waals surface area contributed by atoms with Crippen molar-refractivity contribution in [2.45, 2.75) is 33.8 Å². The number of imidazole rings is 1. The minimum absolute atomic E-state index is 0.322. The van der Waals surface area contributed by atoms with Gasteiger partial charge in [0.25, 0.3) is 11.8 Å². The number of hydrogen-bond donors (Lipinski definition) is 2. The molecule has 0 atom stereocenters. The molecule has 164 valence electrons. The van der Waals surface area contributed by atoms with Crippen LogP contribution >= 0.6 is 11.3 Å². The van der Waals surface area contributed by atoms with Crippen LogP contribution in [-0.4, -0.2) is 21.2 Å². The average molecular weight is 449 g/mol. The summed E-state index contributed by atoms with van der Waals surface area (Å²) in [6.07, 6.45) is 4.76. The van der Waals surface area contributed by atoms with Crippen molar-refractivity contribution in [1.82, 2.24) is 20.2 Å². The molecule has 0 unspecified atom stereocenters. The SMILES string of the molecule is CCc1sc(C(=O)NNC(=O)c2ccc(OCc3cn4cccc(C)c4n3)cc2)cc1C. The lowest BCUT2D eigenvalue weighted by Gasteiger charge is -2.08. The van der Waals surface area contributed by atoms with Gasteiger partial charge in [0.05, 0.1) is 10.6 Å². The van der Waals surface area contributed by atoms with Gasteiger partial charge in [-0.15, -0.1) is 11.3 Å². The Hall–Kier alpha value is -3.65. The molecule has 0 saturated heterocycles. The summed E-state index contributed by atoms with van der Waals surface area (Å²) >= 11 is 1.44. The predicted octanol–water partition coefficient (Wildman–Crippen LogP) is 4.23. The summed E-state index contributed by atoms with van der Waals surface area (Å²) in [6.45, 7) is 6.37. The zero-order valence-corrected chi connectivity index (χ0v) is 19.0. The Kier molecular flexibility index (Phi) is 6.23. The van der Waals surface area contributed by atoms with Crippen molar-refractivity contribution in [1.29, 1.82) is 0 Å². The lowest BCUT2D eigenvalue weighted by atomic mass is 10.2. The number of amides is 2. The fourth-order valence-electron chi connectivity index (χ4n) is 3.36. The van der Waals surface area contributed by atoms with Gasteiger partial charge in [0, 0.05) is 22.8 Å². The third-order valence-corrected chi connectivity index (χ3v) is 6.47. The van der Waals surface area contributed by atoms with E-state index in [1.807, 2.05) is 55.8 Å². The Bertz CT molecular complexity index is 1270. The molecule has 4 rings (SSSR count). The van der Waals surface area contributed by atoms with Gasteiger partial charge >= 0.3 is 0 Å². The smallest absolute Gasteiger partial charge is 0.279 e.